The van der Waals surface area contributed by atoms with Crippen molar-refractivity contribution in [1.29, 1.82) is 0 Å². The quantitative estimate of drug-likeness (QED) is 0.843. The van der Waals surface area contributed by atoms with Crippen molar-refractivity contribution in [2.45, 2.75) is 4.90 Å². The zero-order valence-corrected chi connectivity index (χ0v) is 12.1. The summed E-state index contributed by atoms with van der Waals surface area (Å²) in [5.74, 6) is 0.748. The Hall–Kier alpha value is -0.430. The second-order valence-corrected chi connectivity index (χ2v) is 6.94. The minimum Gasteiger partial charge on any atom is -0.398 e. The minimum absolute atomic E-state index is 0.167. The number of hydrogen-bond acceptors (Lipinski definition) is 4. The molecule has 1 aromatic rings. The minimum atomic E-state index is -3.47. The molecular formula is C10H15ClN2O2S2. The molecule has 96 valence electrons. The number of halogens is 1. The van der Waals surface area contributed by atoms with E-state index in [1.54, 1.807) is 18.8 Å². The second-order valence-electron chi connectivity index (χ2n) is 3.50. The summed E-state index contributed by atoms with van der Waals surface area (Å²) in [4.78, 5) is 0.167. The predicted octanol–water partition coefficient (Wildman–Crippen LogP) is 1.91. The lowest BCUT2D eigenvalue weighted by Gasteiger charge is -2.16. The highest BCUT2D eigenvalue weighted by Gasteiger charge is 2.20. The van der Waals surface area contributed by atoms with Crippen LogP contribution in [0.1, 0.15) is 0 Å². The second kappa shape index (κ2) is 5.95. The zero-order chi connectivity index (χ0) is 13.1. The van der Waals surface area contributed by atoms with E-state index in [1.165, 1.54) is 22.5 Å². The van der Waals surface area contributed by atoms with E-state index in [-0.39, 0.29) is 9.92 Å². The van der Waals surface area contributed by atoms with Gasteiger partial charge in [0.25, 0.3) is 0 Å². The smallest absolute Gasteiger partial charge is 0.242 e. The molecule has 0 radical (unpaired) electrons. The molecule has 0 aliphatic rings. The van der Waals surface area contributed by atoms with Gasteiger partial charge in [0.15, 0.2) is 0 Å². The van der Waals surface area contributed by atoms with Crippen molar-refractivity contribution >= 4 is 39.1 Å². The van der Waals surface area contributed by atoms with Crippen LogP contribution in [0.4, 0.5) is 5.69 Å². The summed E-state index contributed by atoms with van der Waals surface area (Å²) >= 11 is 7.41. The number of hydrogen-bond donors (Lipinski definition) is 1. The van der Waals surface area contributed by atoms with Gasteiger partial charge in [0.1, 0.15) is 0 Å². The number of rotatable bonds is 5. The molecule has 0 amide bonds. The summed E-state index contributed by atoms with van der Waals surface area (Å²) in [7, 11) is -1.92. The van der Waals surface area contributed by atoms with Crippen molar-refractivity contribution < 1.29 is 8.42 Å². The van der Waals surface area contributed by atoms with Gasteiger partial charge in [-0.1, -0.05) is 11.6 Å². The van der Waals surface area contributed by atoms with Crippen molar-refractivity contribution in [1.82, 2.24) is 4.31 Å². The van der Waals surface area contributed by atoms with E-state index in [4.69, 9.17) is 17.3 Å². The van der Waals surface area contributed by atoms with Crippen molar-refractivity contribution in [2.75, 3.05) is 31.3 Å². The highest BCUT2D eigenvalue weighted by atomic mass is 35.5. The van der Waals surface area contributed by atoms with Gasteiger partial charge in [-0.2, -0.15) is 11.8 Å². The van der Waals surface area contributed by atoms with Crippen LogP contribution in [0.25, 0.3) is 0 Å². The van der Waals surface area contributed by atoms with Crippen molar-refractivity contribution in [2.24, 2.45) is 0 Å². The van der Waals surface area contributed by atoms with E-state index in [9.17, 15) is 8.42 Å². The number of sulfonamides is 1. The Morgan fingerprint density at radius 3 is 2.65 bits per heavy atom. The molecule has 0 heterocycles. The average molecular weight is 295 g/mol. The lowest BCUT2D eigenvalue weighted by molar-refractivity contribution is 0.488. The highest BCUT2D eigenvalue weighted by molar-refractivity contribution is 7.98. The summed E-state index contributed by atoms with van der Waals surface area (Å²) in [5, 5.41) is 0.254. The van der Waals surface area contributed by atoms with Crippen LogP contribution in [0.5, 0.6) is 0 Å². The van der Waals surface area contributed by atoms with Gasteiger partial charge in [0.2, 0.25) is 10.0 Å². The Labute approximate surface area is 111 Å². The maximum atomic E-state index is 12.1. The predicted molar refractivity (Wildman–Crippen MR) is 74.1 cm³/mol. The monoisotopic (exact) mass is 294 g/mol. The molecule has 7 heteroatoms. The molecule has 2 N–H and O–H groups in total. The Balaban J connectivity index is 3.00. The van der Waals surface area contributed by atoms with Crippen molar-refractivity contribution in [3.8, 4) is 0 Å². The molecular weight excluding hydrogens is 280 g/mol. The summed E-state index contributed by atoms with van der Waals surface area (Å²) in [5.41, 5.74) is 5.92. The van der Waals surface area contributed by atoms with E-state index < -0.39 is 10.0 Å². The van der Waals surface area contributed by atoms with Gasteiger partial charge in [-0.25, -0.2) is 12.7 Å². The van der Waals surface area contributed by atoms with Crippen LogP contribution in [-0.2, 0) is 10.0 Å². The topological polar surface area (TPSA) is 63.4 Å². The first-order valence-corrected chi connectivity index (χ1v) is 8.11. The first-order valence-electron chi connectivity index (χ1n) is 4.90. The molecule has 0 spiro atoms. The SMILES string of the molecule is CSCCN(C)S(=O)(=O)c1ccc(N)c(Cl)c1. The molecule has 0 atom stereocenters. The molecule has 0 saturated carbocycles. The Bertz CT molecular complexity index is 491. The summed E-state index contributed by atoms with van der Waals surface area (Å²) in [6.45, 7) is 0.464. The fourth-order valence-electron chi connectivity index (χ4n) is 1.19. The summed E-state index contributed by atoms with van der Waals surface area (Å²) in [6.07, 6.45) is 1.93. The number of thioether (sulfide) groups is 1. The fourth-order valence-corrected chi connectivity index (χ4v) is 3.20. The number of benzene rings is 1. The van der Waals surface area contributed by atoms with Gasteiger partial charge in [-0.05, 0) is 24.5 Å². The van der Waals surface area contributed by atoms with Gasteiger partial charge in [0.05, 0.1) is 15.6 Å². The lowest BCUT2D eigenvalue weighted by Crippen LogP contribution is -2.29. The van der Waals surface area contributed by atoms with E-state index in [2.05, 4.69) is 0 Å². The summed E-state index contributed by atoms with van der Waals surface area (Å²) < 4.78 is 25.5. The molecule has 0 bridgehead atoms. The fraction of sp³-hybridized carbons (Fsp3) is 0.400. The van der Waals surface area contributed by atoms with E-state index in [1.807, 2.05) is 6.26 Å². The molecule has 4 nitrogen and oxygen atoms in total. The molecule has 0 fully saturated rings. The molecule has 0 aliphatic carbocycles. The van der Waals surface area contributed by atoms with Gasteiger partial charge in [0, 0.05) is 19.3 Å². The van der Waals surface area contributed by atoms with Crippen LogP contribution in [0.3, 0.4) is 0 Å². The van der Waals surface area contributed by atoms with Gasteiger partial charge >= 0.3 is 0 Å². The molecule has 0 aliphatic heterocycles. The Kier molecular flexibility index (Phi) is 5.12. The average Bonchev–Trinajstić information content (AvgIpc) is 2.29. The van der Waals surface area contributed by atoms with E-state index >= 15 is 0 Å². The maximum Gasteiger partial charge on any atom is 0.242 e. The van der Waals surface area contributed by atoms with Crippen molar-refractivity contribution in [3.05, 3.63) is 23.2 Å². The van der Waals surface area contributed by atoms with Gasteiger partial charge < -0.3 is 5.73 Å². The number of nitrogens with zero attached hydrogens (tertiary/aromatic N) is 1. The van der Waals surface area contributed by atoms with Gasteiger partial charge in [-0.3, -0.25) is 0 Å². The molecule has 17 heavy (non-hydrogen) atoms. The highest BCUT2D eigenvalue weighted by Crippen LogP contribution is 2.24. The third-order valence-electron chi connectivity index (χ3n) is 2.29. The van der Waals surface area contributed by atoms with E-state index in [0.717, 1.165) is 5.75 Å². The molecule has 1 rings (SSSR count). The third-order valence-corrected chi connectivity index (χ3v) is 5.06. The summed E-state index contributed by atoms with van der Waals surface area (Å²) in [6, 6.07) is 4.34. The largest absolute Gasteiger partial charge is 0.398 e. The van der Waals surface area contributed by atoms with Crippen LogP contribution in [0.2, 0.25) is 5.02 Å². The van der Waals surface area contributed by atoms with Gasteiger partial charge in [-0.15, -0.1) is 0 Å². The van der Waals surface area contributed by atoms with Crippen molar-refractivity contribution in [3.63, 3.8) is 0 Å². The number of nitrogen functional groups attached to an aromatic ring is 1. The first kappa shape index (κ1) is 14.6. The maximum absolute atomic E-state index is 12.1. The molecule has 0 unspecified atom stereocenters. The Morgan fingerprint density at radius 2 is 2.12 bits per heavy atom. The standard InChI is InChI=1S/C10H15ClN2O2S2/c1-13(5-6-16-2)17(14,15)8-3-4-10(12)9(11)7-8/h3-4,7H,5-6,12H2,1-2H3. The Morgan fingerprint density at radius 1 is 1.47 bits per heavy atom. The third kappa shape index (κ3) is 3.51. The van der Waals surface area contributed by atoms with Crippen LogP contribution >= 0.6 is 23.4 Å². The van der Waals surface area contributed by atoms with E-state index in [0.29, 0.717) is 12.2 Å². The zero-order valence-electron chi connectivity index (χ0n) is 9.68. The number of nitrogens with two attached hydrogens (primary N) is 1. The van der Waals surface area contributed by atoms with Crippen LogP contribution < -0.4 is 5.73 Å². The van der Waals surface area contributed by atoms with Crippen LogP contribution in [0, 0.1) is 0 Å². The molecule has 1 aromatic carbocycles. The first-order chi connectivity index (χ1) is 7.89. The van der Waals surface area contributed by atoms with Crippen LogP contribution in [0.15, 0.2) is 23.1 Å². The molecule has 0 saturated heterocycles. The number of anilines is 1. The normalized spacial score (nSPS) is 12.0. The molecule has 0 aromatic heterocycles. The van der Waals surface area contributed by atoms with Crippen LogP contribution in [-0.4, -0.2) is 38.3 Å². The lowest BCUT2D eigenvalue weighted by atomic mass is 10.3.